The highest BCUT2D eigenvalue weighted by Crippen LogP contribution is 2.32. The van der Waals surface area contributed by atoms with E-state index in [1.54, 1.807) is 6.92 Å². The van der Waals surface area contributed by atoms with Crippen molar-refractivity contribution >= 4 is 23.9 Å². The van der Waals surface area contributed by atoms with Crippen molar-refractivity contribution in [1.29, 1.82) is 0 Å². The van der Waals surface area contributed by atoms with Crippen LogP contribution in [0.2, 0.25) is 0 Å². The van der Waals surface area contributed by atoms with Crippen molar-refractivity contribution in [3.05, 3.63) is 23.8 Å². The van der Waals surface area contributed by atoms with Gasteiger partial charge in [-0.3, -0.25) is 19.2 Å². The van der Waals surface area contributed by atoms with Gasteiger partial charge >= 0.3 is 23.9 Å². The van der Waals surface area contributed by atoms with Crippen molar-refractivity contribution in [1.82, 2.24) is 0 Å². The Morgan fingerprint density at radius 2 is 1.44 bits per heavy atom. The predicted octanol–water partition coefficient (Wildman–Crippen LogP) is 1.16. The number of ether oxygens (including phenoxy) is 6. The van der Waals surface area contributed by atoms with E-state index in [-0.39, 0.29) is 18.1 Å². The van der Waals surface area contributed by atoms with E-state index < -0.39 is 54.6 Å². The number of aromatic hydroxyl groups is 1. The molecule has 0 radical (unpaired) electrons. The van der Waals surface area contributed by atoms with Gasteiger partial charge in [0.15, 0.2) is 12.2 Å². The Morgan fingerprint density at radius 3 is 1.97 bits per heavy atom. The minimum Gasteiger partial charge on any atom is -0.508 e. The van der Waals surface area contributed by atoms with Gasteiger partial charge in [0.05, 0.1) is 0 Å². The standard InChI is InChI=1S/C21H26O11/c1-10-8-15(26)6-7-16(10)31-21-20(30-14(5)25)19(29-13(4)24)18(28-12(3)23)17(32-21)9-27-11(2)22/h6-8,17-21,26H,9H2,1-5H3. The van der Waals surface area contributed by atoms with Crippen LogP contribution in [0.25, 0.3) is 0 Å². The molecule has 32 heavy (non-hydrogen) atoms. The van der Waals surface area contributed by atoms with Crippen LogP contribution in [0, 0.1) is 6.92 Å². The molecular weight excluding hydrogens is 428 g/mol. The second kappa shape index (κ2) is 10.8. The molecule has 0 bridgehead atoms. The number of phenols is 1. The van der Waals surface area contributed by atoms with E-state index in [2.05, 4.69) is 0 Å². The summed E-state index contributed by atoms with van der Waals surface area (Å²) in [6.45, 7) is 5.90. The number of esters is 4. The van der Waals surface area contributed by atoms with Crippen molar-refractivity contribution in [2.75, 3.05) is 6.61 Å². The Labute approximate surface area is 184 Å². The third-order valence-corrected chi connectivity index (χ3v) is 4.35. The Hall–Kier alpha value is -3.34. The third kappa shape index (κ3) is 6.84. The maximum atomic E-state index is 11.8. The summed E-state index contributed by atoms with van der Waals surface area (Å²) in [6.07, 6.45) is -6.36. The number of phenolic OH excluding ortho intramolecular Hbond substituents is 1. The lowest BCUT2D eigenvalue weighted by atomic mass is 9.98. The van der Waals surface area contributed by atoms with Crippen molar-refractivity contribution in [3.8, 4) is 11.5 Å². The minimum atomic E-state index is -1.33. The minimum absolute atomic E-state index is 0.0106. The number of carbonyl (C=O) groups is 4. The van der Waals surface area contributed by atoms with Gasteiger partial charge < -0.3 is 33.5 Å². The molecule has 1 aromatic rings. The van der Waals surface area contributed by atoms with Gasteiger partial charge in [-0.25, -0.2) is 0 Å². The molecule has 11 heteroatoms. The summed E-state index contributed by atoms with van der Waals surface area (Å²) >= 11 is 0. The molecule has 5 atom stereocenters. The molecule has 0 spiro atoms. The molecule has 0 saturated carbocycles. The highest BCUT2D eigenvalue weighted by Gasteiger charge is 2.53. The average molecular weight is 454 g/mol. The number of carbonyl (C=O) groups excluding carboxylic acids is 4. The van der Waals surface area contributed by atoms with Gasteiger partial charge in [-0.1, -0.05) is 0 Å². The molecule has 1 heterocycles. The highest BCUT2D eigenvalue weighted by molar-refractivity contribution is 5.68. The van der Waals surface area contributed by atoms with E-state index in [0.717, 1.165) is 20.8 Å². The molecule has 176 valence electrons. The second-order valence-corrected chi connectivity index (χ2v) is 7.14. The maximum Gasteiger partial charge on any atom is 0.303 e. The van der Waals surface area contributed by atoms with Crippen LogP contribution in [-0.4, -0.2) is 66.3 Å². The molecule has 1 saturated heterocycles. The molecule has 0 aliphatic carbocycles. The topological polar surface area (TPSA) is 144 Å². The van der Waals surface area contributed by atoms with Crippen molar-refractivity contribution in [2.24, 2.45) is 0 Å². The molecule has 5 unspecified atom stereocenters. The number of hydrogen-bond acceptors (Lipinski definition) is 11. The first-order valence-corrected chi connectivity index (χ1v) is 9.74. The van der Waals surface area contributed by atoms with Crippen LogP contribution in [0.1, 0.15) is 33.3 Å². The molecule has 0 aromatic heterocycles. The zero-order valence-corrected chi connectivity index (χ0v) is 18.4. The van der Waals surface area contributed by atoms with Gasteiger partial charge in [0.25, 0.3) is 0 Å². The van der Waals surface area contributed by atoms with Crippen molar-refractivity contribution < 1.29 is 52.7 Å². The van der Waals surface area contributed by atoms with E-state index in [0.29, 0.717) is 5.56 Å². The molecular formula is C21H26O11. The predicted molar refractivity (Wildman–Crippen MR) is 105 cm³/mol. The fraction of sp³-hybridized carbons (Fsp3) is 0.524. The summed E-state index contributed by atoms with van der Waals surface area (Å²) in [6, 6.07) is 4.30. The molecule has 1 aliphatic heterocycles. The summed E-state index contributed by atoms with van der Waals surface area (Å²) < 4.78 is 32.7. The number of hydrogen-bond donors (Lipinski definition) is 1. The lowest BCUT2D eigenvalue weighted by Gasteiger charge is -2.44. The van der Waals surface area contributed by atoms with Gasteiger partial charge in [-0.15, -0.1) is 0 Å². The van der Waals surface area contributed by atoms with E-state index >= 15 is 0 Å². The van der Waals surface area contributed by atoms with E-state index in [1.807, 2.05) is 0 Å². The van der Waals surface area contributed by atoms with Crippen LogP contribution in [0.3, 0.4) is 0 Å². The molecule has 11 nitrogen and oxygen atoms in total. The summed E-state index contributed by atoms with van der Waals surface area (Å²) in [5.74, 6) is -2.52. The summed E-state index contributed by atoms with van der Waals surface area (Å²) in [5.41, 5.74) is 0.540. The fourth-order valence-electron chi connectivity index (χ4n) is 3.17. The molecule has 1 aliphatic rings. The van der Waals surface area contributed by atoms with Crippen LogP contribution in [0.5, 0.6) is 11.5 Å². The van der Waals surface area contributed by atoms with Crippen molar-refractivity contribution in [2.45, 2.75) is 65.3 Å². The normalized spacial score (nSPS) is 24.7. The fourth-order valence-corrected chi connectivity index (χ4v) is 3.17. The lowest BCUT2D eigenvalue weighted by molar-refractivity contribution is -0.288. The molecule has 0 amide bonds. The number of aryl methyl sites for hydroxylation is 1. The highest BCUT2D eigenvalue weighted by atomic mass is 16.7. The SMILES string of the molecule is CC(=O)OCC1OC(Oc2ccc(O)cc2C)C(OC(C)=O)C(OC(C)=O)C1OC(C)=O. The summed E-state index contributed by atoms with van der Waals surface area (Å²) in [4.78, 5) is 46.7. The van der Waals surface area contributed by atoms with Crippen LogP contribution in [-0.2, 0) is 42.9 Å². The Bertz CT molecular complexity index is 865. The van der Waals surface area contributed by atoms with Gasteiger partial charge in [0, 0.05) is 27.7 Å². The van der Waals surface area contributed by atoms with E-state index in [4.69, 9.17) is 28.4 Å². The average Bonchev–Trinajstić information content (AvgIpc) is 2.65. The second-order valence-electron chi connectivity index (χ2n) is 7.14. The third-order valence-electron chi connectivity index (χ3n) is 4.35. The van der Waals surface area contributed by atoms with Crippen molar-refractivity contribution in [3.63, 3.8) is 0 Å². The van der Waals surface area contributed by atoms with Crippen LogP contribution < -0.4 is 4.74 Å². The summed E-state index contributed by atoms with van der Waals surface area (Å²) in [5, 5.41) is 9.63. The monoisotopic (exact) mass is 454 g/mol. The molecule has 2 rings (SSSR count). The smallest absolute Gasteiger partial charge is 0.303 e. The molecule has 1 aromatic carbocycles. The number of rotatable bonds is 7. The lowest BCUT2D eigenvalue weighted by Crippen LogP contribution is -2.63. The van der Waals surface area contributed by atoms with Crippen LogP contribution in [0.15, 0.2) is 18.2 Å². The Kier molecular flexibility index (Phi) is 8.41. The zero-order chi connectivity index (χ0) is 24.0. The van der Waals surface area contributed by atoms with E-state index in [1.165, 1.54) is 25.1 Å². The van der Waals surface area contributed by atoms with Gasteiger partial charge in [0.2, 0.25) is 12.4 Å². The Balaban J connectivity index is 2.47. The van der Waals surface area contributed by atoms with Gasteiger partial charge in [0.1, 0.15) is 24.2 Å². The largest absolute Gasteiger partial charge is 0.508 e. The molecule has 1 fully saturated rings. The first-order valence-electron chi connectivity index (χ1n) is 9.74. The summed E-state index contributed by atoms with van der Waals surface area (Å²) in [7, 11) is 0. The zero-order valence-electron chi connectivity index (χ0n) is 18.4. The maximum absolute atomic E-state index is 11.8. The Morgan fingerprint density at radius 1 is 0.875 bits per heavy atom. The van der Waals surface area contributed by atoms with Gasteiger partial charge in [-0.2, -0.15) is 0 Å². The van der Waals surface area contributed by atoms with E-state index in [9.17, 15) is 24.3 Å². The number of benzene rings is 1. The quantitative estimate of drug-likeness (QED) is 0.468. The molecule has 1 N–H and O–H groups in total. The van der Waals surface area contributed by atoms with Crippen LogP contribution >= 0.6 is 0 Å². The van der Waals surface area contributed by atoms with Gasteiger partial charge in [-0.05, 0) is 30.7 Å². The first-order chi connectivity index (χ1) is 15.0. The van der Waals surface area contributed by atoms with Crippen LogP contribution in [0.4, 0.5) is 0 Å². The first kappa shape index (κ1) is 24.9.